The van der Waals surface area contributed by atoms with Crippen molar-refractivity contribution in [2.24, 2.45) is 5.92 Å². The van der Waals surface area contributed by atoms with Crippen LogP contribution < -0.4 is 16.0 Å². The number of aryl methyl sites for hydroxylation is 1. The molecule has 11 nitrogen and oxygen atoms in total. The van der Waals surface area contributed by atoms with Crippen molar-refractivity contribution in [3.8, 4) is 5.75 Å². The average molecular weight is 708 g/mol. The highest BCUT2D eigenvalue weighted by molar-refractivity contribution is 8.00. The number of phenols is 1. The number of rotatable bonds is 5. The van der Waals surface area contributed by atoms with Crippen LogP contribution in [0.15, 0.2) is 70.7 Å². The van der Waals surface area contributed by atoms with E-state index in [0.717, 1.165) is 19.3 Å². The number of amides is 3. The number of fused-ring (bicyclic) bond motifs is 4. The number of aliphatic hydroxyl groups excluding tert-OH is 1. The van der Waals surface area contributed by atoms with Gasteiger partial charge in [-0.3, -0.25) is 14.4 Å². The van der Waals surface area contributed by atoms with Crippen molar-refractivity contribution < 1.29 is 38.9 Å². The Morgan fingerprint density at radius 2 is 1.82 bits per heavy atom. The molecule has 2 aliphatic heterocycles. The van der Waals surface area contributed by atoms with Gasteiger partial charge in [0.2, 0.25) is 17.7 Å². The normalized spacial score (nSPS) is 27.3. The van der Waals surface area contributed by atoms with Crippen molar-refractivity contribution in [1.82, 2.24) is 5.32 Å². The second kappa shape index (κ2) is 18.7. The van der Waals surface area contributed by atoms with Crippen LogP contribution in [-0.4, -0.2) is 71.1 Å². The molecule has 0 aromatic heterocycles. The molecule has 270 valence electrons. The number of phenolic OH excluding ortho intramolecular Hbond substituents is 1. The number of aliphatic hydroxyl groups is 1. The predicted octanol–water partition coefficient (Wildman–Crippen LogP) is 5.65. The minimum absolute atomic E-state index is 0.00657. The third-order valence-corrected chi connectivity index (χ3v) is 10.2. The van der Waals surface area contributed by atoms with Crippen molar-refractivity contribution in [3.05, 3.63) is 71.4 Å². The van der Waals surface area contributed by atoms with E-state index in [1.54, 1.807) is 50.3 Å². The molecule has 3 aliphatic rings. The molecule has 0 fully saturated rings. The van der Waals surface area contributed by atoms with Gasteiger partial charge < -0.3 is 35.6 Å². The summed E-state index contributed by atoms with van der Waals surface area (Å²) in [6.45, 7) is 5.20. The van der Waals surface area contributed by atoms with E-state index >= 15 is 0 Å². The van der Waals surface area contributed by atoms with Crippen LogP contribution in [0.2, 0.25) is 0 Å². The van der Waals surface area contributed by atoms with Gasteiger partial charge >= 0.3 is 5.97 Å². The fraction of sp³-hybridized carbons (Fsp3) is 0.474. The van der Waals surface area contributed by atoms with E-state index in [-0.39, 0.29) is 41.3 Å². The zero-order valence-electron chi connectivity index (χ0n) is 29.2. The van der Waals surface area contributed by atoms with E-state index in [0.29, 0.717) is 53.0 Å². The van der Waals surface area contributed by atoms with Gasteiger partial charge in [-0.05, 0) is 69.6 Å². The Kier molecular flexibility index (Phi) is 14.5. The van der Waals surface area contributed by atoms with Gasteiger partial charge in [0.25, 0.3) is 0 Å². The lowest BCUT2D eigenvalue weighted by molar-refractivity contribution is -0.156. The summed E-state index contributed by atoms with van der Waals surface area (Å²) in [5.41, 5.74) is 2.61. The Bertz CT molecular complexity index is 1580. The number of thioether (sulfide) groups is 1. The number of nitrogens with one attached hydrogen (secondary N) is 3. The molecule has 1 aromatic carbocycles. The number of aromatic hydroxyl groups is 1. The summed E-state index contributed by atoms with van der Waals surface area (Å²) in [7, 11) is 1.50. The smallest absolute Gasteiger partial charge is 0.328 e. The third kappa shape index (κ3) is 10.7. The van der Waals surface area contributed by atoms with Crippen LogP contribution in [0.1, 0.15) is 71.3 Å². The number of hydrogen-bond acceptors (Lipinski definition) is 9. The van der Waals surface area contributed by atoms with Gasteiger partial charge in [-0.1, -0.05) is 55.5 Å². The van der Waals surface area contributed by atoms with Gasteiger partial charge in [-0.2, -0.15) is 0 Å². The van der Waals surface area contributed by atoms with Crippen LogP contribution in [-0.2, 0) is 35.1 Å². The molecule has 50 heavy (non-hydrogen) atoms. The second-order valence-corrected chi connectivity index (χ2v) is 13.9. The number of allylic oxidation sites excluding steroid dienone is 6. The van der Waals surface area contributed by atoms with E-state index in [4.69, 9.17) is 9.47 Å². The maximum atomic E-state index is 13.2. The first-order chi connectivity index (χ1) is 24.0. The van der Waals surface area contributed by atoms with E-state index in [2.05, 4.69) is 16.0 Å². The Labute approximate surface area is 298 Å². The summed E-state index contributed by atoms with van der Waals surface area (Å²) in [6, 6.07) is 0.833. The molecule has 1 aromatic rings. The van der Waals surface area contributed by atoms with Crippen molar-refractivity contribution in [3.63, 3.8) is 0 Å². The predicted molar refractivity (Wildman–Crippen MR) is 195 cm³/mol. The van der Waals surface area contributed by atoms with E-state index in [1.165, 1.54) is 18.9 Å². The van der Waals surface area contributed by atoms with Crippen LogP contribution in [0.5, 0.6) is 5.75 Å². The van der Waals surface area contributed by atoms with Gasteiger partial charge in [0.05, 0.1) is 40.7 Å². The van der Waals surface area contributed by atoms with Crippen molar-refractivity contribution in [2.75, 3.05) is 23.5 Å². The topological polar surface area (TPSA) is 163 Å². The molecule has 0 spiro atoms. The lowest BCUT2D eigenvalue weighted by atomic mass is 9.90. The molecule has 1 aliphatic carbocycles. The molecular weight excluding hydrogens is 658 g/mol. The number of esters is 1. The van der Waals surface area contributed by atoms with Gasteiger partial charge in [-0.15, -0.1) is 11.8 Å². The molecular formula is C38H49N3O8S. The number of anilines is 2. The minimum Gasteiger partial charge on any atom is -0.505 e. The Balaban J connectivity index is 1.58. The zero-order chi connectivity index (χ0) is 36.2. The Morgan fingerprint density at radius 1 is 1.04 bits per heavy atom. The van der Waals surface area contributed by atoms with Crippen LogP contribution in [0.25, 0.3) is 0 Å². The van der Waals surface area contributed by atoms with Gasteiger partial charge in [-0.25, -0.2) is 4.79 Å². The summed E-state index contributed by atoms with van der Waals surface area (Å²) in [6.07, 6.45) is 16.9. The molecule has 0 saturated heterocycles. The highest BCUT2D eigenvalue weighted by Crippen LogP contribution is 2.45. The highest BCUT2D eigenvalue weighted by Gasteiger charge is 2.31. The van der Waals surface area contributed by atoms with Crippen molar-refractivity contribution in [2.45, 2.75) is 101 Å². The van der Waals surface area contributed by atoms with Crippen LogP contribution in [0.3, 0.4) is 0 Å². The fourth-order valence-electron chi connectivity index (χ4n) is 6.00. The molecule has 5 N–H and O–H groups in total. The Hall–Kier alpha value is -4.13. The summed E-state index contributed by atoms with van der Waals surface area (Å²) in [4.78, 5) is 51.8. The number of ether oxygens (including phenoxy) is 2. The van der Waals surface area contributed by atoms with Crippen molar-refractivity contribution in [1.29, 1.82) is 0 Å². The number of carbonyl (C=O) groups is 4. The molecule has 5 unspecified atom stereocenters. The van der Waals surface area contributed by atoms with E-state index < -0.39 is 36.2 Å². The molecule has 0 radical (unpaired) electrons. The van der Waals surface area contributed by atoms with Gasteiger partial charge in [0.1, 0.15) is 17.9 Å². The molecule has 2 bridgehead atoms. The van der Waals surface area contributed by atoms with E-state index in [1.807, 2.05) is 25.2 Å². The first-order valence-electron chi connectivity index (χ1n) is 17.2. The summed E-state index contributed by atoms with van der Waals surface area (Å²) in [5.74, 6) is -1.83. The Morgan fingerprint density at radius 3 is 2.56 bits per heavy atom. The number of carbonyl (C=O) groups excluding carboxylic acids is 4. The van der Waals surface area contributed by atoms with Gasteiger partial charge in [0.15, 0.2) is 0 Å². The van der Waals surface area contributed by atoms with Crippen molar-refractivity contribution >= 4 is 46.8 Å². The molecule has 3 amide bonds. The number of hydrogen-bond donors (Lipinski definition) is 5. The minimum atomic E-state index is -0.959. The SMILES string of the molecule is COC1/C=C/C=C/C=C/CC(OC(=O)C(C)NC(=O)C2=CCCCC2)C(C)C(O)/C(C)=C\CCc2cc3c(c(c2O)NC(=O)C1)SCC(=O)N3. The average Bonchev–Trinajstić information content (AvgIpc) is 3.10. The summed E-state index contributed by atoms with van der Waals surface area (Å²) in [5, 5.41) is 31.1. The molecule has 0 saturated carbocycles. The lowest BCUT2D eigenvalue weighted by Gasteiger charge is -2.29. The second-order valence-electron chi connectivity index (χ2n) is 12.9. The largest absolute Gasteiger partial charge is 0.505 e. The maximum Gasteiger partial charge on any atom is 0.328 e. The molecule has 4 rings (SSSR count). The summed E-state index contributed by atoms with van der Waals surface area (Å²) < 4.78 is 11.4. The van der Waals surface area contributed by atoms with Crippen LogP contribution in [0.4, 0.5) is 11.4 Å². The first-order valence-corrected chi connectivity index (χ1v) is 18.2. The monoisotopic (exact) mass is 707 g/mol. The third-order valence-electron chi connectivity index (χ3n) is 9.05. The first kappa shape index (κ1) is 38.7. The standard InChI is InChI=1S/C38H49N3O8S/c1-23-14-13-17-27-20-29-36(50-22-32(43)40-29)33(35(27)45)41-31(42)21-28(48-4)18-11-6-5-7-12-19-30(24(2)34(23)44)49-38(47)25(3)39-37(46)26-15-9-8-10-16-26/h5-7,11-12,14-15,18,20,24-25,28,30,34,44-45H,8-10,13,16-17,19,21-22H2,1-4H3,(H,39,46)(H,40,43)(H,41,42)/b6-5+,12-7+,18-11+,23-14-. The summed E-state index contributed by atoms with van der Waals surface area (Å²) >= 11 is 1.24. The number of methoxy groups -OCH3 is 1. The van der Waals surface area contributed by atoms with E-state index in [9.17, 15) is 29.4 Å². The van der Waals surface area contributed by atoms with Gasteiger partial charge in [0, 0.05) is 25.0 Å². The fourth-order valence-corrected chi connectivity index (χ4v) is 6.91. The number of benzene rings is 1. The molecule has 2 heterocycles. The molecule has 5 atom stereocenters. The zero-order valence-corrected chi connectivity index (χ0v) is 30.0. The molecule has 12 heteroatoms. The maximum absolute atomic E-state index is 13.2. The van der Waals surface area contributed by atoms with Crippen LogP contribution >= 0.6 is 11.8 Å². The lowest BCUT2D eigenvalue weighted by Crippen LogP contribution is -2.43. The highest BCUT2D eigenvalue weighted by atomic mass is 32.2. The van der Waals surface area contributed by atoms with Crippen LogP contribution in [0, 0.1) is 5.92 Å². The quantitative estimate of drug-likeness (QED) is 0.113.